The fourth-order valence-corrected chi connectivity index (χ4v) is 3.54. The zero-order valence-electron chi connectivity index (χ0n) is 13.7. The zero-order valence-corrected chi connectivity index (χ0v) is 14.5. The first-order chi connectivity index (χ1) is 11.7. The fourth-order valence-electron chi connectivity index (χ4n) is 3.10. The smallest absolute Gasteiger partial charge is 0.204 e. The molecule has 2 aromatic heterocycles. The number of aryl methyl sites for hydroxylation is 1. The van der Waals surface area contributed by atoms with E-state index in [1.165, 1.54) is 0 Å². The van der Waals surface area contributed by atoms with E-state index in [0.717, 1.165) is 58.0 Å². The van der Waals surface area contributed by atoms with Crippen LogP contribution in [-0.4, -0.2) is 27.3 Å². The Labute approximate surface area is 145 Å². The summed E-state index contributed by atoms with van der Waals surface area (Å²) in [5.74, 6) is 0.886. The first-order valence-electron chi connectivity index (χ1n) is 7.89. The largest absolute Gasteiger partial charge is 0.398 e. The Morgan fingerprint density at radius 3 is 2.83 bits per heavy atom. The van der Waals surface area contributed by atoms with Gasteiger partial charge in [0, 0.05) is 34.9 Å². The van der Waals surface area contributed by atoms with E-state index in [0.29, 0.717) is 0 Å². The van der Waals surface area contributed by atoms with Crippen LogP contribution in [0.4, 0.5) is 11.6 Å². The maximum atomic E-state index is 6.36. The summed E-state index contributed by atoms with van der Waals surface area (Å²) >= 11 is 1.69. The van der Waals surface area contributed by atoms with E-state index in [1.54, 1.807) is 11.8 Å². The molecular weight excluding hydrogens is 318 g/mol. The Kier molecular flexibility index (Phi) is 3.69. The van der Waals surface area contributed by atoms with Crippen LogP contribution in [0.25, 0.3) is 22.6 Å². The molecule has 0 amide bonds. The third-order valence-corrected chi connectivity index (χ3v) is 4.96. The van der Waals surface area contributed by atoms with E-state index in [9.17, 15) is 0 Å². The number of pyridine rings is 1. The molecule has 0 radical (unpaired) electrons. The van der Waals surface area contributed by atoms with Crippen LogP contribution in [0.3, 0.4) is 0 Å². The molecule has 24 heavy (non-hydrogen) atoms. The number of hydrogen-bond donors (Lipinski definition) is 2. The molecular formula is C18H19N5S. The van der Waals surface area contributed by atoms with Gasteiger partial charge in [-0.25, -0.2) is 4.98 Å². The van der Waals surface area contributed by atoms with Crippen molar-refractivity contribution in [1.82, 2.24) is 14.5 Å². The van der Waals surface area contributed by atoms with Crippen LogP contribution < -0.4 is 11.1 Å². The van der Waals surface area contributed by atoms with Crippen molar-refractivity contribution in [2.24, 2.45) is 0 Å². The quantitative estimate of drug-likeness (QED) is 0.564. The summed E-state index contributed by atoms with van der Waals surface area (Å²) in [5.41, 5.74) is 11.9. The SMILES string of the molecule is CSc1ccc(-c2c(-c3cccc(C)n3)nc3n2CCN3)c(N)c1. The van der Waals surface area contributed by atoms with Gasteiger partial charge in [0.15, 0.2) is 0 Å². The highest BCUT2D eigenvalue weighted by Crippen LogP contribution is 2.39. The molecule has 0 unspecified atom stereocenters. The number of nitrogens with two attached hydrogens (primary N) is 1. The van der Waals surface area contributed by atoms with Crippen molar-refractivity contribution < 1.29 is 0 Å². The lowest BCUT2D eigenvalue weighted by Crippen LogP contribution is -2.01. The molecule has 1 aromatic carbocycles. The van der Waals surface area contributed by atoms with Crippen LogP contribution >= 0.6 is 11.8 Å². The number of benzene rings is 1. The van der Waals surface area contributed by atoms with Crippen molar-refractivity contribution in [3.05, 3.63) is 42.1 Å². The molecule has 0 aliphatic carbocycles. The number of aromatic nitrogens is 3. The van der Waals surface area contributed by atoms with Gasteiger partial charge < -0.3 is 15.6 Å². The van der Waals surface area contributed by atoms with Crippen LogP contribution in [0, 0.1) is 6.92 Å². The van der Waals surface area contributed by atoms with Crippen molar-refractivity contribution in [3.63, 3.8) is 0 Å². The number of nitrogens with zero attached hydrogens (tertiary/aromatic N) is 3. The molecule has 0 bridgehead atoms. The second kappa shape index (κ2) is 5.87. The average Bonchev–Trinajstić information content (AvgIpc) is 3.16. The maximum Gasteiger partial charge on any atom is 0.204 e. The fraction of sp³-hybridized carbons (Fsp3) is 0.222. The summed E-state index contributed by atoms with van der Waals surface area (Å²) in [7, 11) is 0. The summed E-state index contributed by atoms with van der Waals surface area (Å²) < 4.78 is 2.20. The van der Waals surface area contributed by atoms with Gasteiger partial charge in [-0.1, -0.05) is 6.07 Å². The van der Waals surface area contributed by atoms with Crippen LogP contribution in [0.5, 0.6) is 0 Å². The van der Waals surface area contributed by atoms with Crippen molar-refractivity contribution in [2.75, 3.05) is 23.9 Å². The Hall–Kier alpha value is -2.47. The Morgan fingerprint density at radius 2 is 2.08 bits per heavy atom. The molecule has 0 saturated carbocycles. The van der Waals surface area contributed by atoms with Crippen molar-refractivity contribution in [2.45, 2.75) is 18.4 Å². The predicted octanol–water partition coefficient (Wildman–Crippen LogP) is 3.65. The lowest BCUT2D eigenvalue weighted by atomic mass is 10.1. The highest BCUT2D eigenvalue weighted by atomic mass is 32.2. The second-order valence-electron chi connectivity index (χ2n) is 5.83. The summed E-state index contributed by atoms with van der Waals surface area (Å²) in [6, 6.07) is 12.2. The number of thioether (sulfide) groups is 1. The normalized spacial score (nSPS) is 12.9. The monoisotopic (exact) mass is 337 g/mol. The molecule has 6 heteroatoms. The summed E-state index contributed by atoms with van der Waals surface area (Å²) in [4.78, 5) is 10.6. The minimum atomic E-state index is 0.769. The van der Waals surface area contributed by atoms with Crippen molar-refractivity contribution >= 4 is 23.4 Å². The van der Waals surface area contributed by atoms with Gasteiger partial charge in [-0.2, -0.15) is 0 Å². The number of imidazole rings is 1. The molecule has 3 heterocycles. The summed E-state index contributed by atoms with van der Waals surface area (Å²) in [6.45, 7) is 3.76. The first kappa shape index (κ1) is 15.1. The summed E-state index contributed by atoms with van der Waals surface area (Å²) in [5, 5.41) is 3.34. The Balaban J connectivity index is 1.94. The van der Waals surface area contributed by atoms with E-state index in [2.05, 4.69) is 33.3 Å². The van der Waals surface area contributed by atoms with Gasteiger partial charge in [0.1, 0.15) is 5.69 Å². The zero-order chi connectivity index (χ0) is 16.7. The van der Waals surface area contributed by atoms with Gasteiger partial charge in [-0.05, 0) is 43.5 Å². The molecule has 0 atom stereocenters. The van der Waals surface area contributed by atoms with Crippen molar-refractivity contribution in [3.8, 4) is 22.6 Å². The minimum absolute atomic E-state index is 0.769. The molecule has 3 N–H and O–H groups in total. The van der Waals surface area contributed by atoms with Crippen LogP contribution in [0.15, 0.2) is 41.3 Å². The second-order valence-corrected chi connectivity index (χ2v) is 6.71. The molecule has 0 saturated heterocycles. The predicted molar refractivity (Wildman–Crippen MR) is 100 cm³/mol. The van der Waals surface area contributed by atoms with Gasteiger partial charge >= 0.3 is 0 Å². The Morgan fingerprint density at radius 1 is 1.21 bits per heavy atom. The highest BCUT2D eigenvalue weighted by Gasteiger charge is 2.25. The first-order valence-corrected chi connectivity index (χ1v) is 9.12. The van der Waals surface area contributed by atoms with E-state index in [1.807, 2.05) is 31.2 Å². The number of hydrogen-bond acceptors (Lipinski definition) is 5. The van der Waals surface area contributed by atoms with Crippen molar-refractivity contribution in [1.29, 1.82) is 0 Å². The van der Waals surface area contributed by atoms with Gasteiger partial charge in [-0.15, -0.1) is 11.8 Å². The molecule has 0 fully saturated rings. The van der Waals surface area contributed by atoms with Gasteiger partial charge in [0.25, 0.3) is 0 Å². The number of anilines is 2. The molecule has 3 aromatic rings. The summed E-state index contributed by atoms with van der Waals surface area (Å²) in [6.07, 6.45) is 2.05. The molecule has 0 spiro atoms. The third kappa shape index (κ3) is 2.43. The van der Waals surface area contributed by atoms with E-state index in [-0.39, 0.29) is 0 Å². The molecule has 4 rings (SSSR count). The van der Waals surface area contributed by atoms with E-state index >= 15 is 0 Å². The third-order valence-electron chi connectivity index (χ3n) is 4.23. The van der Waals surface area contributed by atoms with Gasteiger partial charge in [-0.3, -0.25) is 4.98 Å². The molecule has 5 nitrogen and oxygen atoms in total. The number of rotatable bonds is 3. The van der Waals surface area contributed by atoms with Crippen LogP contribution in [-0.2, 0) is 6.54 Å². The topological polar surface area (TPSA) is 68.8 Å². The van der Waals surface area contributed by atoms with Crippen LogP contribution in [0.2, 0.25) is 0 Å². The standard InChI is InChI=1S/C18H19N5S/c1-11-4-3-5-15(21-11)16-17(23-9-8-20-18(23)22-16)13-7-6-12(24-2)10-14(13)19/h3-7,10H,8-9,19H2,1-2H3,(H,20,22). The van der Waals surface area contributed by atoms with Gasteiger partial charge in [0.05, 0.1) is 11.4 Å². The van der Waals surface area contributed by atoms with E-state index in [4.69, 9.17) is 10.7 Å². The Bertz CT molecular complexity index is 916. The highest BCUT2D eigenvalue weighted by molar-refractivity contribution is 7.98. The number of nitrogen functional groups attached to an aromatic ring is 1. The molecule has 1 aliphatic rings. The number of fused-ring (bicyclic) bond motifs is 1. The maximum absolute atomic E-state index is 6.36. The average molecular weight is 337 g/mol. The lowest BCUT2D eigenvalue weighted by molar-refractivity contribution is 0.817. The molecule has 1 aliphatic heterocycles. The van der Waals surface area contributed by atoms with Gasteiger partial charge in [0.2, 0.25) is 5.95 Å². The van der Waals surface area contributed by atoms with E-state index < -0.39 is 0 Å². The van der Waals surface area contributed by atoms with Crippen LogP contribution in [0.1, 0.15) is 5.69 Å². The minimum Gasteiger partial charge on any atom is -0.398 e. The lowest BCUT2D eigenvalue weighted by Gasteiger charge is -2.11. The number of nitrogens with one attached hydrogen (secondary N) is 1. The molecule has 122 valence electrons.